The van der Waals surface area contributed by atoms with Crippen LogP contribution in [0, 0.1) is 6.92 Å². The van der Waals surface area contributed by atoms with Gasteiger partial charge in [-0.25, -0.2) is 4.98 Å². The number of halogens is 3. The quantitative estimate of drug-likeness (QED) is 0.171. The fourth-order valence-electron chi connectivity index (χ4n) is 4.57. The molecule has 1 atom stereocenters. The fraction of sp³-hybridized carbons (Fsp3) is 0.357. The third-order valence-electron chi connectivity index (χ3n) is 6.49. The summed E-state index contributed by atoms with van der Waals surface area (Å²) in [6, 6.07) is 11.6. The van der Waals surface area contributed by atoms with Crippen molar-refractivity contribution < 1.29 is 15.6 Å². The Hall–Kier alpha value is -3.12. The van der Waals surface area contributed by atoms with Gasteiger partial charge in [-0.3, -0.25) is 13.9 Å². The van der Waals surface area contributed by atoms with Gasteiger partial charge in [0, 0.05) is 50.9 Å². The first-order valence-corrected chi connectivity index (χ1v) is 13.9. The third kappa shape index (κ3) is 7.14. The summed E-state index contributed by atoms with van der Waals surface area (Å²) < 4.78 is 22.5. The van der Waals surface area contributed by atoms with Crippen molar-refractivity contribution in [2.24, 2.45) is 0 Å². The van der Waals surface area contributed by atoms with Crippen LogP contribution in [0.15, 0.2) is 52.3 Å². The van der Waals surface area contributed by atoms with E-state index < -0.39 is 6.10 Å². The fourth-order valence-corrected chi connectivity index (χ4v) is 5.45. The van der Waals surface area contributed by atoms with E-state index in [0.717, 1.165) is 53.4 Å². The molecule has 0 saturated carbocycles. The van der Waals surface area contributed by atoms with Gasteiger partial charge in [0.1, 0.15) is 11.4 Å². The summed E-state index contributed by atoms with van der Waals surface area (Å²) in [5.74, 6) is 0.483. The number of H-pyrrole nitrogens is 2. The predicted molar refractivity (Wildman–Crippen MR) is 167 cm³/mol. The molecule has 1 aliphatic heterocycles. The lowest BCUT2D eigenvalue weighted by Crippen LogP contribution is -2.43. The first-order valence-electron chi connectivity index (χ1n) is 12.6. The van der Waals surface area contributed by atoms with Gasteiger partial charge in [-0.05, 0) is 54.6 Å². The molecule has 40 heavy (non-hydrogen) atoms. The van der Waals surface area contributed by atoms with Crippen molar-refractivity contribution in [3.63, 3.8) is 0 Å². The zero-order valence-electron chi connectivity index (χ0n) is 22.9. The average molecular weight is 601 g/mol. The number of aliphatic hydroxyl groups is 1. The number of benzene rings is 2. The molecule has 5 rings (SSSR count). The first kappa shape index (κ1) is 31.4. The van der Waals surface area contributed by atoms with Gasteiger partial charge in [-0.2, -0.15) is 0 Å². The van der Waals surface area contributed by atoms with Crippen LogP contribution in [0.4, 0.5) is 20.5 Å². The number of aryl methyl sites for hydroxylation is 1. The number of nitrogens with zero attached hydrogens (tertiary/aromatic N) is 2. The van der Waals surface area contributed by atoms with Gasteiger partial charge >= 0.3 is 0 Å². The molecule has 1 aliphatic rings. The van der Waals surface area contributed by atoms with E-state index in [0.29, 0.717) is 34.8 Å². The van der Waals surface area contributed by atoms with Gasteiger partial charge in [-0.1, -0.05) is 25.1 Å². The number of anilines is 2. The zero-order valence-corrected chi connectivity index (χ0v) is 23.5. The van der Waals surface area contributed by atoms with E-state index in [4.69, 9.17) is 21.3 Å². The summed E-state index contributed by atoms with van der Waals surface area (Å²) in [4.78, 5) is 27.1. The molecule has 1 unspecified atom stereocenters. The lowest BCUT2D eigenvalue weighted by atomic mass is 10.1. The van der Waals surface area contributed by atoms with Crippen LogP contribution in [0.5, 0.6) is 0 Å². The van der Waals surface area contributed by atoms with Crippen LogP contribution < -0.4 is 21.1 Å². The van der Waals surface area contributed by atoms with E-state index >= 15 is 0 Å². The molecule has 8 nitrogen and oxygen atoms in total. The molecule has 1 saturated heterocycles. The first-order chi connectivity index (χ1) is 19.4. The lowest BCUT2D eigenvalue weighted by molar-refractivity contribution is 0.191. The Labute approximate surface area is 245 Å². The SMILES string of the molecule is C.CF.CSc1ccc(C(O)CNc2cc[nH]c(=O)c2-c2nc3c(C)cc(N4CCNCC4)cc3[nH]2)cc1Cl.[3HH].[3H]F. The molecule has 5 N–H and O–H groups in total. The molecular formula is C28H39ClF2N6O2S. The minimum atomic E-state index is -0.801. The number of thioether (sulfide) groups is 1. The highest BCUT2D eigenvalue weighted by Crippen LogP contribution is 2.31. The highest BCUT2D eigenvalue weighted by molar-refractivity contribution is 7.98. The van der Waals surface area contributed by atoms with Crippen molar-refractivity contribution in [2.45, 2.75) is 25.3 Å². The monoisotopic (exact) mass is 600 g/mol. The standard InChI is InChI=1S/C26H29ClN6O2S.CH3F.CH4.FH.H2/c1-15-11-17(33-9-7-28-8-10-33)13-20-24(15)32-25(31-20)23-19(5-6-29-26(23)35)30-14-21(34)16-3-4-22(36-2)18(27)12-16;1-2;;;/h3-6,11-13,21,28,34H,7-10,14H2,1-2H3,(H,31,32)(H2,29,30,35);1H3;1H4;2*1H/i;;;;1+2/hT. The Kier molecular flexibility index (Phi) is 11.8. The van der Waals surface area contributed by atoms with Gasteiger partial charge in [-0.15, -0.1) is 11.8 Å². The number of alkyl halides is 1. The Bertz CT molecular complexity index is 1470. The normalized spacial score (nSPS) is 13.7. The van der Waals surface area contributed by atoms with Gasteiger partial charge < -0.3 is 30.6 Å². The Morgan fingerprint density at radius 3 is 2.67 bits per heavy atom. The van der Waals surface area contributed by atoms with Crippen LogP contribution in [0.25, 0.3) is 22.4 Å². The van der Waals surface area contributed by atoms with Crippen molar-refractivity contribution in [1.82, 2.24) is 20.3 Å². The highest BCUT2D eigenvalue weighted by Gasteiger charge is 2.19. The summed E-state index contributed by atoms with van der Waals surface area (Å²) in [6.07, 6.45) is 2.74. The topological polar surface area (TPSA) is 109 Å². The van der Waals surface area contributed by atoms with Crippen LogP contribution in [-0.4, -0.2) is 67.7 Å². The lowest BCUT2D eigenvalue weighted by Gasteiger charge is -2.29. The Morgan fingerprint density at radius 2 is 2.00 bits per heavy atom. The number of rotatable bonds is 7. The Morgan fingerprint density at radius 1 is 1.27 bits per heavy atom. The summed E-state index contributed by atoms with van der Waals surface area (Å²) in [6.45, 7) is 6.06. The molecular weight excluding hydrogens is 558 g/mol. The van der Waals surface area contributed by atoms with Crippen LogP contribution in [0.2, 0.25) is 5.02 Å². The van der Waals surface area contributed by atoms with Crippen molar-refractivity contribution in [3.05, 3.63) is 69.1 Å². The number of imidazole rings is 1. The summed E-state index contributed by atoms with van der Waals surface area (Å²) in [7, 11) is 0.500. The molecule has 0 bridgehead atoms. The van der Waals surface area contributed by atoms with Crippen molar-refractivity contribution in [3.8, 4) is 11.4 Å². The number of pyridine rings is 1. The van der Waals surface area contributed by atoms with E-state index in [1.54, 1.807) is 30.1 Å². The molecule has 4 aromatic rings. The molecule has 220 valence electrons. The second-order valence-corrected chi connectivity index (χ2v) is 10.1. The van der Waals surface area contributed by atoms with Crippen molar-refractivity contribution in [1.29, 1.82) is 1.45 Å². The van der Waals surface area contributed by atoms with Gasteiger partial charge in [0.25, 0.3) is 7.01 Å². The molecule has 0 radical (unpaired) electrons. The highest BCUT2D eigenvalue weighted by atomic mass is 35.5. The number of aromatic amines is 2. The second kappa shape index (κ2) is 15.0. The van der Waals surface area contributed by atoms with E-state index in [2.05, 4.69) is 39.1 Å². The van der Waals surface area contributed by atoms with Gasteiger partial charge in [0.05, 0.1) is 35.0 Å². The number of hydrogen-bond donors (Lipinski definition) is 5. The largest absolute Gasteiger partial charge is 0.387 e. The van der Waals surface area contributed by atoms with E-state index in [9.17, 15) is 14.3 Å². The van der Waals surface area contributed by atoms with Crippen LogP contribution in [0.1, 0.15) is 26.1 Å². The predicted octanol–water partition coefficient (Wildman–Crippen LogP) is 5.78. The molecule has 0 aliphatic carbocycles. The number of hydrogen-bond acceptors (Lipinski definition) is 7. The third-order valence-corrected chi connectivity index (χ3v) is 7.71. The van der Waals surface area contributed by atoms with Gasteiger partial charge in [0.2, 0.25) is 0 Å². The molecule has 0 amide bonds. The molecule has 1 fully saturated rings. The van der Waals surface area contributed by atoms with E-state index in [1.165, 1.54) is 0 Å². The Balaban J connectivity index is 0.00000141. The number of fused-ring (bicyclic) bond motifs is 1. The second-order valence-electron chi connectivity index (χ2n) is 8.87. The minimum Gasteiger partial charge on any atom is -0.387 e. The number of nitrogens with one attached hydrogen (secondary N) is 4. The number of aliphatic hydroxyl groups excluding tert-OH is 1. The minimum absolute atomic E-state index is 0. The van der Waals surface area contributed by atoms with Crippen molar-refractivity contribution in [2.75, 3.05) is 56.4 Å². The molecule has 12 heteroatoms. The van der Waals surface area contributed by atoms with Crippen molar-refractivity contribution >= 4 is 45.8 Å². The molecule has 0 spiro atoms. The maximum atomic E-state index is 12.9. The van der Waals surface area contributed by atoms with Crippen LogP contribution in [-0.2, 0) is 0 Å². The van der Waals surface area contributed by atoms with Crippen LogP contribution in [0.3, 0.4) is 0 Å². The summed E-state index contributed by atoms with van der Waals surface area (Å²) >= 11 is 7.87. The summed E-state index contributed by atoms with van der Waals surface area (Å²) in [5, 5.41) is 18.0. The zero-order chi connectivity index (χ0) is 29.2. The van der Waals surface area contributed by atoms with Gasteiger partial charge in [0.15, 0.2) is 0 Å². The smallest absolute Gasteiger partial charge is 0.269 e. The van der Waals surface area contributed by atoms with E-state index in [-0.39, 0.29) is 21.0 Å². The molecule has 3 heterocycles. The maximum Gasteiger partial charge on any atom is 0.269 e. The molecule has 2 aromatic heterocycles. The maximum absolute atomic E-state index is 12.9. The average Bonchev–Trinajstić information content (AvgIpc) is 3.42. The van der Waals surface area contributed by atoms with E-state index in [1.807, 2.05) is 25.3 Å². The number of aromatic nitrogens is 3. The summed E-state index contributed by atoms with van der Waals surface area (Å²) in [5.41, 5.74) is 5.34. The van der Waals surface area contributed by atoms with Crippen LogP contribution >= 0.6 is 23.4 Å². The molecule has 2 aromatic carbocycles. The number of piperazine rings is 1.